The van der Waals surface area contributed by atoms with Crippen LogP contribution in [0.5, 0.6) is 0 Å². The Morgan fingerprint density at radius 2 is 1.84 bits per heavy atom. The van der Waals surface area contributed by atoms with Gasteiger partial charge in [-0.1, -0.05) is 50.2 Å². The summed E-state index contributed by atoms with van der Waals surface area (Å²) < 4.78 is 5.49. The summed E-state index contributed by atoms with van der Waals surface area (Å²) in [6.45, 7) is 4.40. The molecule has 37 heavy (non-hydrogen) atoms. The van der Waals surface area contributed by atoms with Gasteiger partial charge in [0.05, 0.1) is 18.0 Å². The number of nitrogens with one attached hydrogen (secondary N) is 2. The van der Waals surface area contributed by atoms with Crippen molar-refractivity contribution in [3.8, 4) is 11.3 Å². The second kappa shape index (κ2) is 10.5. The number of nitrogens with zero attached hydrogens (tertiary/aromatic N) is 2. The van der Waals surface area contributed by atoms with Gasteiger partial charge in [-0.2, -0.15) is 0 Å². The van der Waals surface area contributed by atoms with Crippen molar-refractivity contribution in [1.29, 1.82) is 0 Å². The zero-order chi connectivity index (χ0) is 25.8. The van der Waals surface area contributed by atoms with Crippen LogP contribution in [0.15, 0.2) is 73.1 Å². The zero-order valence-corrected chi connectivity index (χ0v) is 21.1. The molecule has 1 aliphatic carbocycles. The summed E-state index contributed by atoms with van der Waals surface area (Å²) in [4.78, 5) is 37.8. The van der Waals surface area contributed by atoms with E-state index in [0.29, 0.717) is 18.7 Å². The summed E-state index contributed by atoms with van der Waals surface area (Å²) in [6, 6.07) is 19.4. The van der Waals surface area contributed by atoms with Gasteiger partial charge in [-0.25, -0.2) is 4.98 Å². The minimum atomic E-state index is -0.298. The Morgan fingerprint density at radius 1 is 1.03 bits per heavy atom. The van der Waals surface area contributed by atoms with Gasteiger partial charge in [-0.3, -0.25) is 14.6 Å². The zero-order valence-electron chi connectivity index (χ0n) is 21.1. The molecule has 188 valence electrons. The van der Waals surface area contributed by atoms with Gasteiger partial charge in [-0.05, 0) is 47.2 Å². The van der Waals surface area contributed by atoms with Gasteiger partial charge < -0.3 is 15.0 Å². The van der Waals surface area contributed by atoms with E-state index >= 15 is 0 Å². The quantitative estimate of drug-likeness (QED) is 0.343. The number of ether oxygens (including phenoxy) is 1. The maximum Gasteiger partial charge on any atom is 0.251 e. The molecule has 0 atom stereocenters. The molecule has 0 fully saturated rings. The molecule has 0 saturated heterocycles. The molecule has 7 heteroatoms. The van der Waals surface area contributed by atoms with E-state index < -0.39 is 0 Å². The van der Waals surface area contributed by atoms with Crippen molar-refractivity contribution in [2.75, 3.05) is 11.9 Å². The number of hydrogen-bond donors (Lipinski definition) is 2. The van der Waals surface area contributed by atoms with Gasteiger partial charge in [0.2, 0.25) is 0 Å². The molecule has 0 unspecified atom stereocenters. The SMILES string of the molecule is CC1(C)CC(=O)c2c([nH]c(-c3ccnc(NC(=O)COCc4ccccn4)c3)c2Cc2ccccc2)C1. The number of H-pyrrole nitrogens is 1. The number of aromatic nitrogens is 3. The molecule has 3 aromatic heterocycles. The van der Waals surface area contributed by atoms with Crippen LogP contribution < -0.4 is 5.32 Å². The van der Waals surface area contributed by atoms with E-state index in [1.165, 1.54) is 0 Å². The Hall–Kier alpha value is -4.10. The Kier molecular flexibility index (Phi) is 6.97. The molecule has 5 rings (SSSR count). The summed E-state index contributed by atoms with van der Waals surface area (Å²) in [5.74, 6) is 0.300. The number of amides is 1. The lowest BCUT2D eigenvalue weighted by Crippen LogP contribution is -2.27. The topological polar surface area (TPSA) is 97.0 Å². The molecule has 0 bridgehead atoms. The van der Waals surface area contributed by atoms with Crippen LogP contribution in [0, 0.1) is 5.41 Å². The van der Waals surface area contributed by atoms with Crippen LogP contribution in [0.3, 0.4) is 0 Å². The van der Waals surface area contributed by atoms with E-state index in [4.69, 9.17) is 4.74 Å². The lowest BCUT2D eigenvalue weighted by Gasteiger charge is -2.28. The van der Waals surface area contributed by atoms with Crippen molar-refractivity contribution in [2.45, 2.75) is 39.7 Å². The van der Waals surface area contributed by atoms with E-state index in [9.17, 15) is 9.59 Å². The third kappa shape index (κ3) is 5.84. The van der Waals surface area contributed by atoms with Crippen LogP contribution in [-0.2, 0) is 29.0 Å². The molecule has 1 aliphatic rings. The van der Waals surface area contributed by atoms with Crippen molar-refractivity contribution in [2.24, 2.45) is 5.41 Å². The molecule has 2 N–H and O–H groups in total. The molecular formula is C30H30N4O3. The van der Waals surface area contributed by atoms with Gasteiger partial charge in [0, 0.05) is 42.1 Å². The van der Waals surface area contributed by atoms with Crippen LogP contribution >= 0.6 is 0 Å². The lowest BCUT2D eigenvalue weighted by atomic mass is 9.75. The summed E-state index contributed by atoms with van der Waals surface area (Å²) in [7, 11) is 0. The number of anilines is 1. The third-order valence-corrected chi connectivity index (χ3v) is 6.50. The van der Waals surface area contributed by atoms with Gasteiger partial charge in [0.1, 0.15) is 12.4 Å². The predicted octanol–water partition coefficient (Wildman–Crippen LogP) is 5.37. The normalized spacial score (nSPS) is 14.3. The first-order chi connectivity index (χ1) is 17.9. The maximum absolute atomic E-state index is 13.3. The fraction of sp³-hybridized carbons (Fsp3) is 0.267. The number of rotatable bonds is 8. The molecule has 0 radical (unpaired) electrons. The van der Waals surface area contributed by atoms with Crippen LogP contribution in [0.2, 0.25) is 0 Å². The number of hydrogen-bond acceptors (Lipinski definition) is 5. The molecule has 1 aromatic carbocycles. The van der Waals surface area contributed by atoms with Crippen molar-refractivity contribution in [3.63, 3.8) is 0 Å². The second-order valence-electron chi connectivity index (χ2n) is 10.2. The number of fused-ring (bicyclic) bond motifs is 1. The largest absolute Gasteiger partial charge is 0.365 e. The molecule has 1 amide bonds. The molecule has 4 aromatic rings. The van der Waals surface area contributed by atoms with E-state index in [-0.39, 0.29) is 30.3 Å². The highest BCUT2D eigenvalue weighted by Crippen LogP contribution is 2.40. The molecule has 3 heterocycles. The average molecular weight is 495 g/mol. The number of carbonyl (C=O) groups excluding carboxylic acids is 2. The number of ketones is 1. The Bertz CT molecular complexity index is 1410. The summed E-state index contributed by atoms with van der Waals surface area (Å²) in [5.41, 5.74) is 6.34. The van der Waals surface area contributed by atoms with Gasteiger partial charge >= 0.3 is 0 Å². The summed E-state index contributed by atoms with van der Waals surface area (Å²) in [5, 5.41) is 2.81. The number of carbonyl (C=O) groups is 2. The highest BCUT2D eigenvalue weighted by molar-refractivity contribution is 6.02. The van der Waals surface area contributed by atoms with Gasteiger partial charge in [-0.15, -0.1) is 0 Å². The third-order valence-electron chi connectivity index (χ3n) is 6.50. The molecular weight excluding hydrogens is 464 g/mol. The minimum absolute atomic E-state index is 0.0944. The standard InChI is InChI=1S/C30H30N4O3/c1-30(2)16-24-28(25(35)17-30)23(14-20-8-4-3-5-9-20)29(33-24)21-11-13-32-26(15-21)34-27(36)19-37-18-22-10-6-7-12-31-22/h3-13,15,33H,14,16-19H2,1-2H3,(H,32,34,36). The first-order valence-electron chi connectivity index (χ1n) is 12.4. The Balaban J connectivity index is 1.39. The first-order valence-corrected chi connectivity index (χ1v) is 12.4. The summed E-state index contributed by atoms with van der Waals surface area (Å²) in [6.07, 6.45) is 5.32. The van der Waals surface area contributed by atoms with Crippen molar-refractivity contribution < 1.29 is 14.3 Å². The van der Waals surface area contributed by atoms with Crippen LogP contribution in [-0.4, -0.2) is 33.2 Å². The highest BCUT2D eigenvalue weighted by Gasteiger charge is 2.35. The highest BCUT2D eigenvalue weighted by atomic mass is 16.5. The van der Waals surface area contributed by atoms with Crippen LogP contribution in [0.1, 0.15) is 53.1 Å². The fourth-order valence-corrected chi connectivity index (χ4v) is 4.92. The van der Waals surface area contributed by atoms with Gasteiger partial charge in [0.25, 0.3) is 5.91 Å². The molecule has 0 spiro atoms. The van der Waals surface area contributed by atoms with E-state index in [2.05, 4.69) is 46.2 Å². The van der Waals surface area contributed by atoms with Crippen LogP contribution in [0.25, 0.3) is 11.3 Å². The number of pyridine rings is 2. The minimum Gasteiger partial charge on any atom is -0.365 e. The lowest BCUT2D eigenvalue weighted by molar-refractivity contribution is -0.121. The maximum atomic E-state index is 13.3. The number of benzene rings is 1. The van der Waals surface area contributed by atoms with E-state index in [1.807, 2.05) is 48.5 Å². The van der Waals surface area contributed by atoms with Crippen molar-refractivity contribution in [1.82, 2.24) is 15.0 Å². The number of aromatic amines is 1. The Labute approximate surface area is 216 Å². The fourth-order valence-electron chi connectivity index (χ4n) is 4.92. The van der Waals surface area contributed by atoms with Crippen molar-refractivity contribution in [3.05, 3.63) is 101 Å². The Morgan fingerprint density at radius 3 is 2.62 bits per heavy atom. The van der Waals surface area contributed by atoms with E-state index in [0.717, 1.165) is 45.8 Å². The molecule has 0 saturated carbocycles. The average Bonchev–Trinajstić information content (AvgIpc) is 3.22. The monoisotopic (exact) mass is 494 g/mol. The molecule has 0 aliphatic heterocycles. The van der Waals surface area contributed by atoms with Crippen LogP contribution in [0.4, 0.5) is 5.82 Å². The second-order valence-corrected chi connectivity index (χ2v) is 10.2. The predicted molar refractivity (Wildman–Crippen MR) is 142 cm³/mol. The van der Waals surface area contributed by atoms with E-state index in [1.54, 1.807) is 12.4 Å². The smallest absolute Gasteiger partial charge is 0.251 e. The first kappa shape index (κ1) is 24.6. The summed E-state index contributed by atoms with van der Waals surface area (Å²) >= 11 is 0. The van der Waals surface area contributed by atoms with Crippen molar-refractivity contribution >= 4 is 17.5 Å². The molecule has 7 nitrogen and oxygen atoms in total. The number of Topliss-reactive ketones (excluding diaryl/α,β-unsaturated/α-hetero) is 1. The van der Waals surface area contributed by atoms with Gasteiger partial charge in [0.15, 0.2) is 5.78 Å².